The van der Waals surface area contributed by atoms with Crippen LogP contribution in [0.2, 0.25) is 5.02 Å². The molecule has 2 heterocycles. The lowest BCUT2D eigenvalue weighted by molar-refractivity contribution is 0.102. The van der Waals surface area contributed by atoms with Gasteiger partial charge in [0.25, 0.3) is 5.91 Å². The maximum atomic E-state index is 12.4. The van der Waals surface area contributed by atoms with E-state index in [1.165, 1.54) is 6.20 Å². The first-order valence-electron chi connectivity index (χ1n) is 7.82. The van der Waals surface area contributed by atoms with E-state index in [1.54, 1.807) is 6.07 Å². The highest BCUT2D eigenvalue weighted by Gasteiger charge is 2.20. The fraction of sp³-hybridized carbons (Fsp3) is 0.333. The average Bonchev–Trinajstić information content (AvgIpc) is 3.07. The zero-order chi connectivity index (χ0) is 17.1. The maximum absolute atomic E-state index is 12.4. The van der Waals surface area contributed by atoms with Crippen LogP contribution in [0.25, 0.3) is 0 Å². The highest BCUT2D eigenvalue weighted by Crippen LogP contribution is 2.26. The highest BCUT2D eigenvalue weighted by molar-refractivity contribution is 6.32. The minimum atomic E-state index is -0.256. The monoisotopic (exact) mass is 346 g/mol. The number of ether oxygens (including phenoxy) is 2. The number of rotatable bonds is 4. The molecule has 1 aliphatic heterocycles. The predicted octanol–water partition coefficient (Wildman–Crippen LogP) is 3.77. The predicted molar refractivity (Wildman–Crippen MR) is 93.0 cm³/mol. The number of amides is 1. The van der Waals surface area contributed by atoms with Crippen LogP contribution < -0.4 is 10.1 Å². The molecule has 24 heavy (non-hydrogen) atoms. The molecule has 1 N–H and O–H groups in total. The summed E-state index contributed by atoms with van der Waals surface area (Å²) >= 11 is 6.20. The number of nitrogens with zero attached hydrogens (tertiary/aromatic N) is 1. The van der Waals surface area contributed by atoms with Crippen LogP contribution in [0.3, 0.4) is 0 Å². The molecule has 1 saturated heterocycles. The van der Waals surface area contributed by atoms with Crippen molar-refractivity contribution in [3.8, 4) is 5.88 Å². The fourth-order valence-corrected chi connectivity index (χ4v) is 2.69. The van der Waals surface area contributed by atoms with Gasteiger partial charge in [0.15, 0.2) is 0 Å². The zero-order valence-electron chi connectivity index (χ0n) is 13.6. The van der Waals surface area contributed by atoms with Gasteiger partial charge in [-0.05, 0) is 37.1 Å². The van der Waals surface area contributed by atoms with Gasteiger partial charge in [0.05, 0.1) is 18.8 Å². The molecule has 1 fully saturated rings. The van der Waals surface area contributed by atoms with Crippen LogP contribution in [0.5, 0.6) is 5.88 Å². The normalized spacial score (nSPS) is 16.9. The number of carbonyl (C=O) groups is 1. The molecule has 0 aliphatic carbocycles. The topological polar surface area (TPSA) is 60.5 Å². The number of carbonyl (C=O) groups excluding carboxylic acids is 1. The Kier molecular flexibility index (Phi) is 5.02. The van der Waals surface area contributed by atoms with Gasteiger partial charge in [-0.3, -0.25) is 4.79 Å². The Morgan fingerprint density at radius 2 is 2.25 bits per heavy atom. The summed E-state index contributed by atoms with van der Waals surface area (Å²) in [4.78, 5) is 16.6. The van der Waals surface area contributed by atoms with Crippen molar-refractivity contribution in [3.05, 3.63) is 52.2 Å². The third kappa shape index (κ3) is 3.68. The van der Waals surface area contributed by atoms with Gasteiger partial charge in [-0.2, -0.15) is 0 Å². The first-order valence-corrected chi connectivity index (χ1v) is 8.20. The molecule has 1 unspecified atom stereocenters. The van der Waals surface area contributed by atoms with Crippen molar-refractivity contribution in [2.45, 2.75) is 26.4 Å². The summed E-state index contributed by atoms with van der Waals surface area (Å²) in [5.41, 5.74) is 3.31. The summed E-state index contributed by atoms with van der Waals surface area (Å²) in [6.07, 6.45) is 2.24. The lowest BCUT2D eigenvalue weighted by atomic mass is 10.1. The number of aromatic nitrogens is 1. The van der Waals surface area contributed by atoms with Gasteiger partial charge in [-0.15, -0.1) is 0 Å². The Labute approximate surface area is 145 Å². The number of halogens is 1. The Hall–Kier alpha value is -2.11. The Bertz CT molecular complexity index is 758. The van der Waals surface area contributed by atoms with Crippen molar-refractivity contribution < 1.29 is 14.3 Å². The standard InChI is InChI=1S/C18H19ClN2O3/c1-11-4-3-5-16(12(11)2)21-17(22)13-8-15(19)18(20-9-13)24-14-6-7-23-10-14/h3-5,8-9,14H,6-7,10H2,1-2H3,(H,21,22). The van der Waals surface area contributed by atoms with Crippen LogP contribution in [0.15, 0.2) is 30.5 Å². The van der Waals surface area contributed by atoms with Crippen LogP contribution in [0.1, 0.15) is 27.9 Å². The van der Waals surface area contributed by atoms with Gasteiger partial charge in [-0.1, -0.05) is 23.7 Å². The summed E-state index contributed by atoms with van der Waals surface area (Å²) in [6.45, 7) is 5.19. The van der Waals surface area contributed by atoms with Gasteiger partial charge in [-0.25, -0.2) is 4.98 Å². The minimum Gasteiger partial charge on any atom is -0.471 e. The molecule has 0 spiro atoms. The van der Waals surface area contributed by atoms with Crippen molar-refractivity contribution in [1.82, 2.24) is 4.98 Å². The third-order valence-electron chi connectivity index (χ3n) is 4.09. The van der Waals surface area contributed by atoms with Crippen molar-refractivity contribution in [3.63, 3.8) is 0 Å². The van der Waals surface area contributed by atoms with Crippen molar-refractivity contribution in [2.24, 2.45) is 0 Å². The first-order chi connectivity index (χ1) is 11.5. The smallest absolute Gasteiger partial charge is 0.257 e. The van der Waals surface area contributed by atoms with Crippen LogP contribution in [-0.4, -0.2) is 30.2 Å². The lowest BCUT2D eigenvalue weighted by Crippen LogP contribution is -2.17. The fourth-order valence-electron chi connectivity index (χ4n) is 2.48. The van der Waals surface area contributed by atoms with E-state index in [-0.39, 0.29) is 12.0 Å². The number of hydrogen-bond acceptors (Lipinski definition) is 4. The number of benzene rings is 1. The van der Waals surface area contributed by atoms with E-state index < -0.39 is 0 Å². The number of nitrogens with one attached hydrogen (secondary N) is 1. The number of anilines is 1. The first kappa shape index (κ1) is 16.7. The third-order valence-corrected chi connectivity index (χ3v) is 4.36. The number of aryl methyl sites for hydroxylation is 1. The van der Waals surface area contributed by atoms with Gasteiger partial charge in [0.2, 0.25) is 5.88 Å². The molecule has 1 amide bonds. The van der Waals surface area contributed by atoms with Gasteiger partial charge in [0, 0.05) is 18.3 Å². The van der Waals surface area contributed by atoms with Crippen LogP contribution in [-0.2, 0) is 4.74 Å². The summed E-state index contributed by atoms with van der Waals surface area (Å²) in [5, 5.41) is 3.20. The van der Waals surface area contributed by atoms with E-state index in [0.29, 0.717) is 29.7 Å². The van der Waals surface area contributed by atoms with Gasteiger partial charge in [0.1, 0.15) is 11.1 Å². The van der Waals surface area contributed by atoms with E-state index in [4.69, 9.17) is 21.1 Å². The van der Waals surface area contributed by atoms with Crippen molar-refractivity contribution >= 4 is 23.2 Å². The van der Waals surface area contributed by atoms with Crippen molar-refractivity contribution in [2.75, 3.05) is 18.5 Å². The maximum Gasteiger partial charge on any atom is 0.257 e. The van der Waals surface area contributed by atoms with Gasteiger partial charge < -0.3 is 14.8 Å². The van der Waals surface area contributed by atoms with Crippen LogP contribution in [0.4, 0.5) is 5.69 Å². The Morgan fingerprint density at radius 1 is 1.42 bits per heavy atom. The molecule has 3 rings (SSSR count). The molecule has 0 saturated carbocycles. The second-order valence-electron chi connectivity index (χ2n) is 5.82. The summed E-state index contributed by atoms with van der Waals surface area (Å²) in [5.74, 6) is 0.0734. The van der Waals surface area contributed by atoms with Crippen molar-refractivity contribution in [1.29, 1.82) is 0 Å². The van der Waals surface area contributed by atoms with E-state index in [9.17, 15) is 4.79 Å². The quantitative estimate of drug-likeness (QED) is 0.915. The van der Waals surface area contributed by atoms with Gasteiger partial charge >= 0.3 is 0 Å². The molecular formula is C18H19ClN2O3. The largest absolute Gasteiger partial charge is 0.471 e. The molecule has 6 heteroatoms. The molecule has 1 aromatic carbocycles. The second-order valence-corrected chi connectivity index (χ2v) is 6.22. The Balaban J connectivity index is 1.73. The molecule has 2 aromatic rings. The molecule has 1 aromatic heterocycles. The molecule has 0 radical (unpaired) electrons. The van der Waals surface area contributed by atoms with E-state index >= 15 is 0 Å². The zero-order valence-corrected chi connectivity index (χ0v) is 14.4. The molecule has 0 bridgehead atoms. The number of pyridine rings is 1. The molecule has 1 atom stereocenters. The summed E-state index contributed by atoms with van der Waals surface area (Å²) in [6, 6.07) is 7.35. The van der Waals surface area contributed by atoms with Crippen LogP contribution >= 0.6 is 11.6 Å². The summed E-state index contributed by atoms with van der Waals surface area (Å²) < 4.78 is 11.0. The van der Waals surface area contributed by atoms with E-state index in [2.05, 4.69) is 10.3 Å². The van der Waals surface area contributed by atoms with E-state index in [1.807, 2.05) is 32.0 Å². The Morgan fingerprint density at radius 3 is 2.96 bits per heavy atom. The van der Waals surface area contributed by atoms with Crippen LogP contribution in [0, 0.1) is 13.8 Å². The summed E-state index contributed by atoms with van der Waals surface area (Å²) in [7, 11) is 0. The average molecular weight is 347 g/mol. The number of hydrogen-bond donors (Lipinski definition) is 1. The highest BCUT2D eigenvalue weighted by atomic mass is 35.5. The SMILES string of the molecule is Cc1cccc(NC(=O)c2cnc(OC3CCOC3)c(Cl)c2)c1C. The molecular weight excluding hydrogens is 328 g/mol. The second kappa shape index (κ2) is 7.20. The molecule has 5 nitrogen and oxygen atoms in total. The van der Waals surface area contributed by atoms with E-state index in [0.717, 1.165) is 23.2 Å². The minimum absolute atomic E-state index is 0.0374. The molecule has 1 aliphatic rings. The lowest BCUT2D eigenvalue weighted by Gasteiger charge is -2.13. The molecule has 126 valence electrons.